The number of rotatable bonds is 3. The van der Waals surface area contributed by atoms with Crippen molar-refractivity contribution in [2.45, 2.75) is 26.3 Å². The zero-order valence-corrected chi connectivity index (χ0v) is 9.16. The zero-order chi connectivity index (χ0) is 8.27. The maximum absolute atomic E-state index is 4.12. The Morgan fingerprint density at radius 3 is 2.58 bits per heavy atom. The molecule has 0 bridgehead atoms. The van der Waals surface area contributed by atoms with Crippen molar-refractivity contribution in [3.05, 3.63) is 22.4 Å². The Morgan fingerprint density at radius 2 is 2.17 bits per heavy atom. The molecule has 0 spiro atoms. The second-order valence-electron chi connectivity index (χ2n) is 3.29. The molecule has 0 saturated carbocycles. The molecule has 0 amide bonds. The highest BCUT2D eigenvalue weighted by molar-refractivity contribution is 7.09. The van der Waals surface area contributed by atoms with Crippen LogP contribution in [0.3, 0.4) is 0 Å². The van der Waals surface area contributed by atoms with E-state index in [1.165, 1.54) is 4.88 Å². The van der Waals surface area contributed by atoms with Crippen LogP contribution in [0, 0.1) is 5.92 Å². The van der Waals surface area contributed by atoms with E-state index in [2.05, 4.69) is 37.1 Å². The van der Waals surface area contributed by atoms with Crippen LogP contribution in [0.1, 0.15) is 18.7 Å². The lowest BCUT2D eigenvalue weighted by atomic mass is 10.0. The summed E-state index contributed by atoms with van der Waals surface area (Å²) < 4.78 is 0. The van der Waals surface area contributed by atoms with Gasteiger partial charge in [0.1, 0.15) is 0 Å². The van der Waals surface area contributed by atoms with Crippen LogP contribution >= 0.6 is 11.3 Å². The molecule has 0 fully saturated rings. The molecule has 1 atom stereocenters. The van der Waals surface area contributed by atoms with Gasteiger partial charge in [-0.2, -0.15) is 0 Å². The molecule has 0 unspecified atom stereocenters. The predicted molar refractivity (Wildman–Crippen MR) is 49.5 cm³/mol. The van der Waals surface area contributed by atoms with Gasteiger partial charge in [0, 0.05) is 17.2 Å². The Labute approximate surface area is 84.4 Å². The normalized spacial score (nSPS) is 12.7. The molecule has 0 aliphatic carbocycles. The largest absolute Gasteiger partial charge is 1.00 e. The van der Waals surface area contributed by atoms with Gasteiger partial charge in [-0.1, -0.05) is 19.9 Å². The van der Waals surface area contributed by atoms with Crippen LogP contribution in [0.25, 0.3) is 0 Å². The third-order valence-corrected chi connectivity index (χ3v) is 2.88. The van der Waals surface area contributed by atoms with E-state index in [0.29, 0.717) is 12.0 Å². The fraction of sp³-hybridized carbons (Fsp3) is 0.556. The van der Waals surface area contributed by atoms with Crippen molar-refractivity contribution in [3.8, 4) is 0 Å². The Balaban J connectivity index is 0.00000121. The molecule has 3 N–H and O–H groups in total. The van der Waals surface area contributed by atoms with Gasteiger partial charge in [0.25, 0.3) is 0 Å². The molecule has 1 aromatic heterocycles. The molecular weight excluding hydrogens is 190 g/mol. The highest BCUT2D eigenvalue weighted by Crippen LogP contribution is 2.12. The SMILES string of the molecule is CC(C)[C@H]([NH3+])Cc1cccs1.[Cl-]. The standard InChI is InChI=1S/C9H15NS.ClH/c1-7(2)9(10)6-8-4-3-5-11-8;/h3-5,7,9H,6,10H2,1-2H3;1H/t9-;/m1./s1. The molecule has 12 heavy (non-hydrogen) atoms. The van der Waals surface area contributed by atoms with Crippen LogP contribution in [-0.4, -0.2) is 6.04 Å². The van der Waals surface area contributed by atoms with Gasteiger partial charge >= 0.3 is 0 Å². The first kappa shape index (κ1) is 11.9. The molecule has 0 aromatic carbocycles. The third-order valence-electron chi connectivity index (χ3n) is 1.99. The van der Waals surface area contributed by atoms with Crippen molar-refractivity contribution in [1.29, 1.82) is 0 Å². The quantitative estimate of drug-likeness (QED) is 0.627. The monoisotopic (exact) mass is 205 g/mol. The van der Waals surface area contributed by atoms with Crippen LogP contribution in [0.15, 0.2) is 17.5 Å². The highest BCUT2D eigenvalue weighted by atomic mass is 35.5. The second kappa shape index (κ2) is 5.57. The molecule has 0 saturated heterocycles. The summed E-state index contributed by atoms with van der Waals surface area (Å²) in [6, 6.07) is 4.85. The lowest BCUT2D eigenvalue weighted by molar-refractivity contribution is -0.430. The summed E-state index contributed by atoms with van der Waals surface area (Å²) in [5, 5.41) is 2.13. The van der Waals surface area contributed by atoms with E-state index in [4.69, 9.17) is 0 Å². The summed E-state index contributed by atoms with van der Waals surface area (Å²) in [7, 11) is 0. The number of hydrogen-bond donors (Lipinski definition) is 1. The number of thiophene rings is 1. The zero-order valence-electron chi connectivity index (χ0n) is 7.59. The Bertz CT molecular complexity index is 196. The van der Waals surface area contributed by atoms with Gasteiger partial charge in [-0.05, 0) is 11.4 Å². The van der Waals surface area contributed by atoms with Gasteiger partial charge < -0.3 is 18.1 Å². The Kier molecular flexibility index (Phi) is 5.55. The third kappa shape index (κ3) is 3.57. The average Bonchev–Trinajstić information content (AvgIpc) is 2.39. The van der Waals surface area contributed by atoms with Crippen molar-refractivity contribution in [1.82, 2.24) is 0 Å². The van der Waals surface area contributed by atoms with Crippen LogP contribution in [0.5, 0.6) is 0 Å². The van der Waals surface area contributed by atoms with Crippen LogP contribution < -0.4 is 18.1 Å². The van der Waals surface area contributed by atoms with Gasteiger partial charge in [-0.25, -0.2) is 0 Å². The topological polar surface area (TPSA) is 27.6 Å². The summed E-state index contributed by atoms with van der Waals surface area (Å²) in [5.41, 5.74) is 4.12. The van der Waals surface area contributed by atoms with Gasteiger partial charge in [0.15, 0.2) is 0 Å². The minimum Gasteiger partial charge on any atom is -1.00 e. The Hall–Kier alpha value is -0.0500. The van der Waals surface area contributed by atoms with Gasteiger partial charge in [0.2, 0.25) is 0 Å². The van der Waals surface area contributed by atoms with E-state index in [1.54, 1.807) is 0 Å². The maximum atomic E-state index is 4.12. The van der Waals surface area contributed by atoms with Crippen molar-refractivity contribution >= 4 is 11.3 Å². The van der Waals surface area contributed by atoms with Gasteiger partial charge in [-0.15, -0.1) is 11.3 Å². The van der Waals surface area contributed by atoms with Crippen molar-refractivity contribution in [2.24, 2.45) is 5.92 Å². The lowest BCUT2D eigenvalue weighted by Crippen LogP contribution is -3.00. The molecular formula is C9H16ClNS. The minimum atomic E-state index is 0. The highest BCUT2D eigenvalue weighted by Gasteiger charge is 2.11. The molecule has 70 valence electrons. The summed E-state index contributed by atoms with van der Waals surface area (Å²) in [5.74, 6) is 0.692. The van der Waals surface area contributed by atoms with E-state index < -0.39 is 0 Å². The van der Waals surface area contributed by atoms with E-state index in [-0.39, 0.29) is 12.4 Å². The molecule has 1 nitrogen and oxygen atoms in total. The molecule has 1 aromatic rings. The van der Waals surface area contributed by atoms with Crippen molar-refractivity contribution in [2.75, 3.05) is 0 Å². The number of hydrogen-bond acceptors (Lipinski definition) is 1. The van der Waals surface area contributed by atoms with Crippen LogP contribution in [-0.2, 0) is 6.42 Å². The number of quaternary nitrogens is 1. The van der Waals surface area contributed by atoms with E-state index in [0.717, 1.165) is 6.42 Å². The molecule has 3 heteroatoms. The van der Waals surface area contributed by atoms with Crippen molar-refractivity contribution in [3.63, 3.8) is 0 Å². The first-order valence-corrected chi connectivity index (χ1v) is 4.93. The van der Waals surface area contributed by atoms with Crippen molar-refractivity contribution < 1.29 is 18.1 Å². The number of halogens is 1. The maximum Gasteiger partial charge on any atom is 0.0915 e. The minimum absolute atomic E-state index is 0. The first-order chi connectivity index (χ1) is 5.20. The smallest absolute Gasteiger partial charge is 0.0915 e. The van der Waals surface area contributed by atoms with Crippen LogP contribution in [0.2, 0.25) is 0 Å². The molecule has 1 rings (SSSR count). The summed E-state index contributed by atoms with van der Waals surface area (Å²) in [6.45, 7) is 4.45. The lowest BCUT2D eigenvalue weighted by Gasteiger charge is -2.09. The van der Waals surface area contributed by atoms with E-state index in [9.17, 15) is 0 Å². The van der Waals surface area contributed by atoms with Gasteiger partial charge in [0.05, 0.1) is 6.04 Å². The van der Waals surface area contributed by atoms with Crippen LogP contribution in [0.4, 0.5) is 0 Å². The average molecular weight is 206 g/mol. The second-order valence-corrected chi connectivity index (χ2v) is 4.32. The van der Waals surface area contributed by atoms with E-state index >= 15 is 0 Å². The fourth-order valence-corrected chi connectivity index (χ4v) is 1.72. The predicted octanol–water partition coefficient (Wildman–Crippen LogP) is -1.44. The summed E-state index contributed by atoms with van der Waals surface area (Å²) in [4.78, 5) is 1.46. The molecule has 1 heterocycles. The van der Waals surface area contributed by atoms with Gasteiger partial charge in [-0.3, -0.25) is 0 Å². The molecule has 0 aliphatic rings. The molecule has 0 aliphatic heterocycles. The summed E-state index contributed by atoms with van der Waals surface area (Å²) in [6.07, 6.45) is 1.13. The Morgan fingerprint density at radius 1 is 1.50 bits per heavy atom. The van der Waals surface area contributed by atoms with E-state index in [1.807, 2.05) is 11.3 Å². The first-order valence-electron chi connectivity index (χ1n) is 4.05. The fourth-order valence-electron chi connectivity index (χ4n) is 0.923. The molecule has 0 radical (unpaired) electrons. The summed E-state index contributed by atoms with van der Waals surface area (Å²) >= 11 is 1.83.